The van der Waals surface area contributed by atoms with Crippen LogP contribution >= 0.6 is 0 Å². The number of hydrogen-bond donors (Lipinski definition) is 3. The Kier molecular flexibility index (Phi) is 4.50. The van der Waals surface area contributed by atoms with Crippen LogP contribution in [0.3, 0.4) is 0 Å². The third-order valence-corrected chi connectivity index (χ3v) is 3.63. The normalized spacial score (nSPS) is 11.5. The van der Waals surface area contributed by atoms with Crippen molar-refractivity contribution in [3.05, 3.63) is 61.8 Å². The second-order valence-electron chi connectivity index (χ2n) is 5.54. The predicted molar refractivity (Wildman–Crippen MR) is 84.6 cm³/mol. The third kappa shape index (κ3) is 3.62. The van der Waals surface area contributed by atoms with Crippen LogP contribution in [0.1, 0.15) is 17.1 Å². The summed E-state index contributed by atoms with van der Waals surface area (Å²) in [5.74, 6) is -2.08. The Balaban J connectivity index is 1.90. The zero-order valence-corrected chi connectivity index (χ0v) is 13.5. The standard InChI is InChI=1S/C15H9F3N4O6/c16-15(17,18)10-2-1-6(13(25)19-10)5-11-20-14(28-21-11)7-3-8(22(26)27)12(24)9(23)4-7/h1-4,23-24H,5H2,(H,19,25). The van der Waals surface area contributed by atoms with Crippen LogP contribution in [0.25, 0.3) is 11.5 Å². The summed E-state index contributed by atoms with van der Waals surface area (Å²) in [5.41, 5.74) is -3.14. The van der Waals surface area contributed by atoms with Gasteiger partial charge >= 0.3 is 11.9 Å². The van der Waals surface area contributed by atoms with Gasteiger partial charge in [0.2, 0.25) is 5.75 Å². The van der Waals surface area contributed by atoms with Gasteiger partial charge in [0, 0.05) is 18.1 Å². The highest BCUT2D eigenvalue weighted by Gasteiger charge is 2.32. The third-order valence-electron chi connectivity index (χ3n) is 3.63. The quantitative estimate of drug-likeness (QED) is 0.344. The Morgan fingerprint density at radius 1 is 1.25 bits per heavy atom. The molecule has 146 valence electrons. The molecule has 13 heteroatoms. The molecule has 0 spiro atoms. The van der Waals surface area contributed by atoms with Crippen molar-refractivity contribution < 1.29 is 32.8 Å². The lowest BCUT2D eigenvalue weighted by Gasteiger charge is -2.06. The summed E-state index contributed by atoms with van der Waals surface area (Å²) in [4.78, 5) is 27.3. The molecule has 0 saturated carbocycles. The summed E-state index contributed by atoms with van der Waals surface area (Å²) in [6.45, 7) is 0. The molecular formula is C15H9F3N4O6. The number of aromatic nitrogens is 3. The molecule has 0 atom stereocenters. The van der Waals surface area contributed by atoms with Gasteiger partial charge in [-0.2, -0.15) is 18.2 Å². The van der Waals surface area contributed by atoms with Gasteiger partial charge in [0.25, 0.3) is 11.4 Å². The molecule has 0 aliphatic heterocycles. The number of nitrogens with one attached hydrogen (secondary N) is 1. The highest BCUT2D eigenvalue weighted by Crippen LogP contribution is 2.39. The summed E-state index contributed by atoms with van der Waals surface area (Å²) in [6, 6.07) is 3.50. The second-order valence-corrected chi connectivity index (χ2v) is 5.54. The number of phenolic OH excluding ortho intramolecular Hbond substituents is 2. The van der Waals surface area contributed by atoms with Crippen LogP contribution in [-0.2, 0) is 12.6 Å². The average molecular weight is 398 g/mol. The first-order valence-corrected chi connectivity index (χ1v) is 7.39. The van der Waals surface area contributed by atoms with E-state index in [-0.39, 0.29) is 29.3 Å². The number of phenols is 2. The summed E-state index contributed by atoms with van der Waals surface area (Å²) in [7, 11) is 0. The van der Waals surface area contributed by atoms with Crippen molar-refractivity contribution in [2.24, 2.45) is 0 Å². The van der Waals surface area contributed by atoms with Crippen molar-refractivity contribution in [3.8, 4) is 23.0 Å². The number of alkyl halides is 3. The van der Waals surface area contributed by atoms with E-state index in [0.717, 1.165) is 18.2 Å². The molecule has 2 heterocycles. The first-order valence-electron chi connectivity index (χ1n) is 7.39. The van der Waals surface area contributed by atoms with Crippen LogP contribution in [0.15, 0.2) is 33.6 Å². The monoisotopic (exact) mass is 398 g/mol. The van der Waals surface area contributed by atoms with Crippen LogP contribution < -0.4 is 5.56 Å². The molecule has 0 radical (unpaired) electrons. The van der Waals surface area contributed by atoms with Crippen molar-refractivity contribution >= 4 is 5.69 Å². The van der Waals surface area contributed by atoms with Gasteiger partial charge in [-0.25, -0.2) is 0 Å². The molecule has 0 aliphatic rings. The van der Waals surface area contributed by atoms with Crippen LogP contribution in [-0.4, -0.2) is 30.3 Å². The predicted octanol–water partition coefficient (Wildman–Crippen LogP) is 2.35. The van der Waals surface area contributed by atoms with Gasteiger partial charge in [0.15, 0.2) is 11.6 Å². The fourth-order valence-corrected chi connectivity index (χ4v) is 2.29. The molecule has 0 aliphatic carbocycles. The Labute approximate surface area is 152 Å². The smallest absolute Gasteiger partial charge is 0.431 e. The number of aromatic hydroxyl groups is 2. The number of pyridine rings is 1. The molecule has 0 unspecified atom stereocenters. The van der Waals surface area contributed by atoms with Crippen molar-refractivity contribution in [2.45, 2.75) is 12.6 Å². The Morgan fingerprint density at radius 3 is 2.57 bits per heavy atom. The number of nitro benzene ring substituents is 1. The van der Waals surface area contributed by atoms with E-state index in [1.165, 1.54) is 0 Å². The van der Waals surface area contributed by atoms with E-state index < -0.39 is 39.5 Å². The first-order chi connectivity index (χ1) is 13.1. The van der Waals surface area contributed by atoms with E-state index in [2.05, 4.69) is 10.1 Å². The molecule has 28 heavy (non-hydrogen) atoms. The van der Waals surface area contributed by atoms with Gasteiger partial charge in [-0.15, -0.1) is 0 Å². The number of benzene rings is 1. The van der Waals surface area contributed by atoms with E-state index in [0.29, 0.717) is 6.07 Å². The summed E-state index contributed by atoms with van der Waals surface area (Å²) in [5, 5.41) is 33.5. The fraction of sp³-hybridized carbons (Fsp3) is 0.133. The first kappa shape index (κ1) is 18.9. The molecule has 3 rings (SSSR count). The largest absolute Gasteiger partial charge is 0.504 e. The highest BCUT2D eigenvalue weighted by atomic mass is 19.4. The minimum Gasteiger partial charge on any atom is -0.504 e. The van der Waals surface area contributed by atoms with E-state index in [4.69, 9.17) is 4.52 Å². The van der Waals surface area contributed by atoms with Gasteiger partial charge < -0.3 is 19.7 Å². The van der Waals surface area contributed by atoms with Gasteiger partial charge in [-0.3, -0.25) is 14.9 Å². The minimum absolute atomic E-state index is 0.0696. The molecule has 0 saturated heterocycles. The lowest BCUT2D eigenvalue weighted by atomic mass is 10.1. The lowest BCUT2D eigenvalue weighted by Crippen LogP contribution is -2.19. The van der Waals surface area contributed by atoms with Crippen LogP contribution in [0, 0.1) is 10.1 Å². The average Bonchev–Trinajstić information content (AvgIpc) is 3.06. The number of H-pyrrole nitrogens is 1. The molecule has 0 fully saturated rings. The molecular weight excluding hydrogens is 389 g/mol. The maximum absolute atomic E-state index is 12.6. The van der Waals surface area contributed by atoms with Crippen molar-refractivity contribution in [1.29, 1.82) is 0 Å². The maximum Gasteiger partial charge on any atom is 0.431 e. The van der Waals surface area contributed by atoms with Crippen LogP contribution in [0.4, 0.5) is 18.9 Å². The highest BCUT2D eigenvalue weighted by molar-refractivity contribution is 5.67. The molecule has 10 nitrogen and oxygen atoms in total. The van der Waals surface area contributed by atoms with Crippen molar-refractivity contribution in [1.82, 2.24) is 15.1 Å². The van der Waals surface area contributed by atoms with E-state index >= 15 is 0 Å². The van der Waals surface area contributed by atoms with Crippen molar-refractivity contribution in [2.75, 3.05) is 0 Å². The lowest BCUT2D eigenvalue weighted by molar-refractivity contribution is -0.385. The van der Waals surface area contributed by atoms with E-state index in [1.807, 2.05) is 0 Å². The Hall–Kier alpha value is -3.90. The van der Waals surface area contributed by atoms with Crippen molar-refractivity contribution in [3.63, 3.8) is 0 Å². The number of nitrogens with zero attached hydrogens (tertiary/aromatic N) is 3. The van der Waals surface area contributed by atoms with Gasteiger partial charge in [-0.1, -0.05) is 11.2 Å². The second kappa shape index (κ2) is 6.68. The molecule has 0 amide bonds. The summed E-state index contributed by atoms with van der Waals surface area (Å²) >= 11 is 0. The Morgan fingerprint density at radius 2 is 1.96 bits per heavy atom. The summed E-state index contributed by atoms with van der Waals surface area (Å²) < 4.78 is 42.6. The number of aromatic amines is 1. The van der Waals surface area contributed by atoms with Gasteiger partial charge in [-0.05, 0) is 12.1 Å². The minimum atomic E-state index is -4.70. The SMILES string of the molecule is O=c1[nH]c(C(F)(F)F)ccc1Cc1noc(-c2cc(O)c(O)c([N+](=O)[O-])c2)n1. The number of rotatable bonds is 4. The molecule has 2 aromatic heterocycles. The molecule has 1 aromatic carbocycles. The fourth-order valence-electron chi connectivity index (χ4n) is 2.29. The van der Waals surface area contributed by atoms with Gasteiger partial charge in [0.1, 0.15) is 5.69 Å². The Bertz CT molecular complexity index is 1120. The van der Waals surface area contributed by atoms with Crippen LogP contribution in [0.5, 0.6) is 11.5 Å². The number of hydrogen-bond acceptors (Lipinski definition) is 8. The molecule has 0 bridgehead atoms. The topological polar surface area (TPSA) is 155 Å². The van der Waals surface area contributed by atoms with Crippen LogP contribution in [0.2, 0.25) is 0 Å². The maximum atomic E-state index is 12.6. The zero-order chi connectivity index (χ0) is 20.6. The number of nitro groups is 1. The van der Waals surface area contributed by atoms with E-state index in [9.17, 15) is 38.3 Å². The van der Waals surface area contributed by atoms with E-state index in [1.54, 1.807) is 4.98 Å². The number of halogens is 3. The molecule has 3 aromatic rings. The zero-order valence-electron chi connectivity index (χ0n) is 13.5. The van der Waals surface area contributed by atoms with Gasteiger partial charge in [0.05, 0.1) is 10.5 Å². The molecule has 3 N–H and O–H groups in total. The summed E-state index contributed by atoms with van der Waals surface area (Å²) in [6.07, 6.45) is -4.98.